The molecule has 4 nitrogen and oxygen atoms in total. The highest BCUT2D eigenvalue weighted by Gasteiger charge is 2.14. The van der Waals surface area contributed by atoms with Gasteiger partial charge in [0, 0.05) is 31.1 Å². The van der Waals surface area contributed by atoms with Gasteiger partial charge in [-0.1, -0.05) is 18.2 Å². The Morgan fingerprint density at radius 2 is 2.05 bits per heavy atom. The number of carbonyl (C=O) groups excluding carboxylic acids is 1. The fourth-order valence-corrected chi connectivity index (χ4v) is 3.44. The minimum Gasteiger partial charge on any atom is -0.373 e. The molecule has 1 saturated heterocycles. The molecule has 0 bridgehead atoms. The Kier molecular flexibility index (Phi) is 6.89. The van der Waals surface area contributed by atoms with E-state index in [1.807, 2.05) is 25.2 Å². The van der Waals surface area contributed by atoms with Gasteiger partial charge in [0.1, 0.15) is 0 Å². The monoisotopic (exact) mass is 307 g/mol. The largest absolute Gasteiger partial charge is 0.373 e. The van der Waals surface area contributed by atoms with E-state index < -0.39 is 0 Å². The summed E-state index contributed by atoms with van der Waals surface area (Å²) in [6.45, 7) is 3.69. The molecule has 1 aromatic rings. The van der Waals surface area contributed by atoms with Gasteiger partial charge < -0.3 is 15.5 Å². The van der Waals surface area contributed by atoms with Gasteiger partial charge >= 0.3 is 0 Å². The average Bonchev–Trinajstić information content (AvgIpc) is 2.54. The highest BCUT2D eigenvalue weighted by atomic mass is 32.2. The number of rotatable bonds is 7. The van der Waals surface area contributed by atoms with Crippen LogP contribution in [0.15, 0.2) is 30.3 Å². The maximum atomic E-state index is 11.8. The van der Waals surface area contributed by atoms with Gasteiger partial charge in [-0.25, -0.2) is 0 Å². The van der Waals surface area contributed by atoms with E-state index in [-0.39, 0.29) is 5.91 Å². The van der Waals surface area contributed by atoms with Crippen LogP contribution in [0.4, 0.5) is 5.69 Å². The van der Waals surface area contributed by atoms with Gasteiger partial charge in [0.2, 0.25) is 5.91 Å². The lowest BCUT2D eigenvalue weighted by Gasteiger charge is -2.22. The van der Waals surface area contributed by atoms with Crippen molar-refractivity contribution in [2.75, 3.05) is 43.9 Å². The van der Waals surface area contributed by atoms with Gasteiger partial charge in [0.15, 0.2) is 0 Å². The summed E-state index contributed by atoms with van der Waals surface area (Å²) in [5, 5.41) is 6.99. The first-order valence-electron chi connectivity index (χ1n) is 7.61. The van der Waals surface area contributed by atoms with Crippen molar-refractivity contribution in [2.45, 2.75) is 18.1 Å². The number of thioether (sulfide) groups is 1. The SMILES string of the molecule is CN(CCNC(=O)CSC1CCNCC1)c1ccccc1. The second kappa shape index (κ2) is 8.95. The molecule has 1 aliphatic rings. The lowest BCUT2D eigenvalue weighted by Crippen LogP contribution is -2.35. The first kappa shape index (κ1) is 16.2. The fourth-order valence-electron chi connectivity index (χ4n) is 2.38. The molecule has 2 N–H and O–H groups in total. The topological polar surface area (TPSA) is 44.4 Å². The van der Waals surface area contributed by atoms with Crippen LogP contribution in [0.5, 0.6) is 0 Å². The zero-order valence-corrected chi connectivity index (χ0v) is 13.5. The third-order valence-corrected chi connectivity index (χ3v) is 5.07. The summed E-state index contributed by atoms with van der Waals surface area (Å²) in [7, 11) is 2.05. The number of hydrogen-bond acceptors (Lipinski definition) is 4. The summed E-state index contributed by atoms with van der Waals surface area (Å²) in [5.74, 6) is 0.736. The van der Waals surface area contributed by atoms with Crippen molar-refractivity contribution in [3.05, 3.63) is 30.3 Å². The summed E-state index contributed by atoms with van der Waals surface area (Å²) >= 11 is 1.80. The third-order valence-electron chi connectivity index (χ3n) is 3.70. The van der Waals surface area contributed by atoms with Crippen LogP contribution in [0.3, 0.4) is 0 Å². The van der Waals surface area contributed by atoms with E-state index in [0.717, 1.165) is 19.6 Å². The summed E-state index contributed by atoms with van der Waals surface area (Å²) < 4.78 is 0. The Labute approximate surface area is 131 Å². The number of nitrogens with zero attached hydrogens (tertiary/aromatic N) is 1. The maximum absolute atomic E-state index is 11.8. The van der Waals surface area contributed by atoms with Crippen molar-refractivity contribution in [2.24, 2.45) is 0 Å². The van der Waals surface area contributed by atoms with Gasteiger partial charge in [-0.15, -0.1) is 11.8 Å². The molecular weight excluding hydrogens is 282 g/mol. The Balaban J connectivity index is 1.58. The number of piperidine rings is 1. The summed E-state index contributed by atoms with van der Waals surface area (Å²) in [4.78, 5) is 14.0. The van der Waals surface area contributed by atoms with Crippen LogP contribution in [-0.4, -0.2) is 50.1 Å². The molecule has 0 atom stereocenters. The highest BCUT2D eigenvalue weighted by molar-refractivity contribution is 8.00. The molecule has 1 aliphatic heterocycles. The minimum atomic E-state index is 0.153. The zero-order valence-electron chi connectivity index (χ0n) is 12.7. The second-order valence-corrected chi connectivity index (χ2v) is 6.66. The molecule has 0 spiro atoms. The molecule has 0 unspecified atom stereocenters. The Morgan fingerprint density at radius 3 is 2.76 bits per heavy atom. The van der Waals surface area contributed by atoms with Gasteiger partial charge in [0.25, 0.3) is 0 Å². The van der Waals surface area contributed by atoms with Gasteiger partial charge in [0.05, 0.1) is 5.75 Å². The van der Waals surface area contributed by atoms with E-state index in [1.165, 1.54) is 18.5 Å². The summed E-state index contributed by atoms with van der Waals surface area (Å²) in [6.07, 6.45) is 2.35. The van der Waals surface area contributed by atoms with Crippen molar-refractivity contribution >= 4 is 23.4 Å². The Bertz CT molecular complexity index is 421. The van der Waals surface area contributed by atoms with Crippen molar-refractivity contribution in [1.29, 1.82) is 0 Å². The van der Waals surface area contributed by atoms with Crippen molar-refractivity contribution in [3.63, 3.8) is 0 Å². The molecule has 2 rings (SSSR count). The molecule has 116 valence electrons. The van der Waals surface area contributed by atoms with Crippen molar-refractivity contribution in [3.8, 4) is 0 Å². The summed E-state index contributed by atoms with van der Waals surface area (Å²) in [5.41, 5.74) is 1.18. The van der Waals surface area contributed by atoms with Crippen LogP contribution in [0.2, 0.25) is 0 Å². The molecule has 0 aliphatic carbocycles. The zero-order chi connectivity index (χ0) is 14.9. The second-order valence-electron chi connectivity index (χ2n) is 5.37. The molecular formula is C16H25N3OS. The number of para-hydroxylation sites is 1. The normalized spacial score (nSPS) is 15.7. The molecule has 0 saturated carbocycles. The van der Waals surface area contributed by atoms with E-state index in [0.29, 0.717) is 17.5 Å². The molecule has 0 aromatic heterocycles. The van der Waals surface area contributed by atoms with Crippen LogP contribution in [0.1, 0.15) is 12.8 Å². The fraction of sp³-hybridized carbons (Fsp3) is 0.562. The summed E-state index contributed by atoms with van der Waals surface area (Å²) in [6, 6.07) is 10.2. The number of hydrogen-bond donors (Lipinski definition) is 2. The Hall–Kier alpha value is -1.20. The number of nitrogens with one attached hydrogen (secondary N) is 2. The average molecular weight is 307 g/mol. The van der Waals surface area contributed by atoms with Gasteiger partial charge in [-0.3, -0.25) is 4.79 Å². The maximum Gasteiger partial charge on any atom is 0.230 e. The molecule has 1 fully saturated rings. The lowest BCUT2D eigenvalue weighted by atomic mass is 10.2. The van der Waals surface area contributed by atoms with Crippen LogP contribution >= 0.6 is 11.8 Å². The predicted octanol–water partition coefficient (Wildman–Crippen LogP) is 1.72. The van der Waals surface area contributed by atoms with Crippen LogP contribution in [-0.2, 0) is 4.79 Å². The molecule has 0 radical (unpaired) electrons. The third kappa shape index (κ3) is 5.98. The highest BCUT2D eigenvalue weighted by Crippen LogP contribution is 2.19. The van der Waals surface area contributed by atoms with Gasteiger partial charge in [-0.05, 0) is 38.1 Å². The molecule has 5 heteroatoms. The van der Waals surface area contributed by atoms with E-state index in [4.69, 9.17) is 0 Å². The van der Waals surface area contributed by atoms with E-state index in [1.54, 1.807) is 11.8 Å². The first-order valence-corrected chi connectivity index (χ1v) is 8.66. The number of carbonyl (C=O) groups is 1. The quantitative estimate of drug-likeness (QED) is 0.805. The number of anilines is 1. The van der Waals surface area contributed by atoms with Crippen LogP contribution < -0.4 is 15.5 Å². The minimum absolute atomic E-state index is 0.153. The van der Waals surface area contributed by atoms with Crippen LogP contribution in [0, 0.1) is 0 Å². The Morgan fingerprint density at radius 1 is 1.33 bits per heavy atom. The van der Waals surface area contributed by atoms with E-state index in [9.17, 15) is 4.79 Å². The molecule has 1 amide bonds. The predicted molar refractivity (Wildman–Crippen MR) is 91.1 cm³/mol. The van der Waals surface area contributed by atoms with E-state index in [2.05, 4.69) is 27.7 Å². The van der Waals surface area contributed by atoms with Crippen LogP contribution in [0.25, 0.3) is 0 Å². The van der Waals surface area contributed by atoms with Gasteiger partial charge in [-0.2, -0.15) is 0 Å². The lowest BCUT2D eigenvalue weighted by molar-refractivity contribution is -0.118. The number of likely N-dealkylation sites (N-methyl/N-ethyl adjacent to an activating group) is 1. The van der Waals surface area contributed by atoms with Crippen molar-refractivity contribution < 1.29 is 4.79 Å². The molecule has 21 heavy (non-hydrogen) atoms. The molecule has 1 heterocycles. The molecule has 1 aromatic carbocycles. The van der Waals surface area contributed by atoms with Crippen molar-refractivity contribution in [1.82, 2.24) is 10.6 Å². The smallest absolute Gasteiger partial charge is 0.230 e. The standard InChI is InChI=1S/C16H25N3OS/c1-19(14-5-3-2-4-6-14)12-11-18-16(20)13-21-15-7-9-17-10-8-15/h2-6,15,17H,7-13H2,1H3,(H,18,20). The first-order chi connectivity index (χ1) is 10.3. The number of amides is 1. The number of benzene rings is 1. The van der Waals surface area contributed by atoms with E-state index >= 15 is 0 Å².